The van der Waals surface area contributed by atoms with E-state index in [9.17, 15) is 10.1 Å². The average Bonchev–Trinajstić information content (AvgIpc) is 2.59. The normalized spacial score (nSPS) is 10.3. The number of benzene rings is 1. The molecule has 5 nitrogen and oxygen atoms in total. The van der Waals surface area contributed by atoms with Gasteiger partial charge in [-0.05, 0) is 12.1 Å². The van der Waals surface area contributed by atoms with E-state index in [1.807, 2.05) is 0 Å². The van der Waals surface area contributed by atoms with E-state index in [4.69, 9.17) is 0 Å². The third kappa shape index (κ3) is 1.15. The Morgan fingerprint density at radius 2 is 2.36 bits per heavy atom. The summed E-state index contributed by atoms with van der Waals surface area (Å²) in [5.41, 5.74) is 1.40. The van der Waals surface area contributed by atoms with Crippen LogP contribution >= 0.6 is 0 Å². The molecule has 0 aliphatic carbocycles. The monoisotopic (exact) mass is 189 g/mol. The molecule has 0 fully saturated rings. The minimum Gasteiger partial charge on any atom is -0.277 e. The van der Waals surface area contributed by atoms with Gasteiger partial charge in [-0.1, -0.05) is 6.58 Å². The second kappa shape index (κ2) is 2.95. The highest BCUT2D eigenvalue weighted by atomic mass is 16.6. The molecule has 1 heterocycles. The van der Waals surface area contributed by atoms with Gasteiger partial charge >= 0.3 is 0 Å². The van der Waals surface area contributed by atoms with E-state index in [0.717, 1.165) is 5.39 Å². The molecule has 0 atom stereocenters. The van der Waals surface area contributed by atoms with Crippen molar-refractivity contribution in [3.8, 4) is 0 Å². The van der Waals surface area contributed by atoms with E-state index in [-0.39, 0.29) is 5.69 Å². The van der Waals surface area contributed by atoms with E-state index in [0.29, 0.717) is 11.2 Å². The van der Waals surface area contributed by atoms with Crippen LogP contribution in [0.15, 0.2) is 24.8 Å². The number of aromatic amines is 1. The molecule has 1 aromatic heterocycles. The molecule has 5 heteroatoms. The SMILES string of the molecule is C=Cc1n[nH]c2cc([N+](=O)[O-])ccc12. The van der Waals surface area contributed by atoms with Gasteiger partial charge in [-0.25, -0.2) is 0 Å². The van der Waals surface area contributed by atoms with Crippen molar-refractivity contribution in [2.45, 2.75) is 0 Å². The number of aromatic nitrogens is 2. The molecule has 0 saturated heterocycles. The highest BCUT2D eigenvalue weighted by Gasteiger charge is 2.08. The first kappa shape index (κ1) is 8.43. The molecule has 0 amide bonds. The predicted molar refractivity (Wildman–Crippen MR) is 52.8 cm³/mol. The molecule has 0 spiro atoms. The number of hydrogen-bond acceptors (Lipinski definition) is 3. The van der Waals surface area contributed by atoms with Crippen LogP contribution in [0, 0.1) is 10.1 Å². The molecule has 0 unspecified atom stereocenters. The molecular formula is C9H7N3O2. The molecule has 0 aliphatic heterocycles. The molecule has 70 valence electrons. The number of nitrogens with zero attached hydrogens (tertiary/aromatic N) is 2. The van der Waals surface area contributed by atoms with Crippen molar-refractivity contribution in [3.63, 3.8) is 0 Å². The van der Waals surface area contributed by atoms with Crippen molar-refractivity contribution in [1.29, 1.82) is 0 Å². The maximum absolute atomic E-state index is 10.5. The highest BCUT2D eigenvalue weighted by Crippen LogP contribution is 2.21. The minimum absolute atomic E-state index is 0.0526. The van der Waals surface area contributed by atoms with Gasteiger partial charge in [0.25, 0.3) is 5.69 Å². The van der Waals surface area contributed by atoms with Crippen LogP contribution in [0.1, 0.15) is 5.69 Å². The van der Waals surface area contributed by atoms with Crippen LogP contribution in [0.3, 0.4) is 0 Å². The zero-order chi connectivity index (χ0) is 10.1. The lowest BCUT2D eigenvalue weighted by Gasteiger charge is -1.91. The van der Waals surface area contributed by atoms with Crippen LogP contribution in [-0.2, 0) is 0 Å². The number of rotatable bonds is 2. The van der Waals surface area contributed by atoms with E-state index in [2.05, 4.69) is 16.8 Å². The van der Waals surface area contributed by atoms with Crippen LogP contribution in [-0.4, -0.2) is 15.1 Å². The maximum atomic E-state index is 10.5. The summed E-state index contributed by atoms with van der Waals surface area (Å²) in [6, 6.07) is 4.56. The van der Waals surface area contributed by atoms with Gasteiger partial charge in [0.2, 0.25) is 0 Å². The quantitative estimate of drug-likeness (QED) is 0.580. The highest BCUT2D eigenvalue weighted by molar-refractivity contribution is 5.87. The minimum atomic E-state index is -0.437. The summed E-state index contributed by atoms with van der Waals surface area (Å²) in [6.45, 7) is 3.59. The molecule has 2 aromatic rings. The zero-order valence-corrected chi connectivity index (χ0v) is 7.23. The molecule has 0 saturated carbocycles. The topological polar surface area (TPSA) is 71.8 Å². The summed E-state index contributed by atoms with van der Waals surface area (Å²) in [4.78, 5) is 10.0. The first-order valence-electron chi connectivity index (χ1n) is 3.97. The molecular weight excluding hydrogens is 182 g/mol. The smallest absolute Gasteiger partial charge is 0.271 e. The van der Waals surface area contributed by atoms with Crippen LogP contribution in [0.2, 0.25) is 0 Å². The Hall–Kier alpha value is -2.17. The largest absolute Gasteiger partial charge is 0.277 e. The molecule has 0 aliphatic rings. The van der Waals surface area contributed by atoms with E-state index in [1.165, 1.54) is 12.1 Å². The van der Waals surface area contributed by atoms with Gasteiger partial charge < -0.3 is 0 Å². The van der Waals surface area contributed by atoms with Crippen molar-refractivity contribution in [2.24, 2.45) is 0 Å². The Balaban J connectivity index is 2.68. The summed E-state index contributed by atoms with van der Waals surface area (Å²) >= 11 is 0. The molecule has 0 radical (unpaired) electrons. The fourth-order valence-electron chi connectivity index (χ4n) is 1.30. The lowest BCUT2D eigenvalue weighted by atomic mass is 10.2. The van der Waals surface area contributed by atoms with Crippen molar-refractivity contribution in [1.82, 2.24) is 10.2 Å². The van der Waals surface area contributed by atoms with Crippen LogP contribution < -0.4 is 0 Å². The predicted octanol–water partition coefficient (Wildman–Crippen LogP) is 2.11. The van der Waals surface area contributed by atoms with Crippen molar-refractivity contribution in [3.05, 3.63) is 40.6 Å². The Morgan fingerprint density at radius 3 is 3.00 bits per heavy atom. The van der Waals surface area contributed by atoms with Gasteiger partial charge in [0.1, 0.15) is 0 Å². The number of nitro groups is 1. The van der Waals surface area contributed by atoms with Crippen molar-refractivity contribution >= 4 is 22.7 Å². The number of H-pyrrole nitrogens is 1. The maximum Gasteiger partial charge on any atom is 0.271 e. The van der Waals surface area contributed by atoms with Crippen molar-refractivity contribution < 1.29 is 4.92 Å². The summed E-state index contributed by atoms with van der Waals surface area (Å²) in [6.07, 6.45) is 1.60. The van der Waals surface area contributed by atoms with Crippen molar-refractivity contribution in [2.75, 3.05) is 0 Å². The Morgan fingerprint density at radius 1 is 1.57 bits per heavy atom. The van der Waals surface area contributed by atoms with Gasteiger partial charge in [0, 0.05) is 17.5 Å². The van der Waals surface area contributed by atoms with Crippen LogP contribution in [0.5, 0.6) is 0 Å². The summed E-state index contributed by atoms with van der Waals surface area (Å²) in [5.74, 6) is 0. The lowest BCUT2D eigenvalue weighted by Crippen LogP contribution is -1.86. The number of nitro benzene ring substituents is 1. The first-order chi connectivity index (χ1) is 6.72. The average molecular weight is 189 g/mol. The second-order valence-electron chi connectivity index (χ2n) is 2.80. The van der Waals surface area contributed by atoms with Crippen LogP contribution in [0.25, 0.3) is 17.0 Å². The summed E-state index contributed by atoms with van der Waals surface area (Å²) in [7, 11) is 0. The number of hydrogen-bond donors (Lipinski definition) is 1. The third-order valence-corrected chi connectivity index (χ3v) is 1.98. The van der Waals surface area contributed by atoms with E-state index in [1.54, 1.807) is 12.1 Å². The molecule has 0 bridgehead atoms. The summed E-state index contributed by atoms with van der Waals surface area (Å²) in [5, 5.41) is 18.0. The Bertz CT molecular complexity index is 516. The number of nitrogens with one attached hydrogen (secondary N) is 1. The first-order valence-corrected chi connectivity index (χ1v) is 3.97. The van der Waals surface area contributed by atoms with Gasteiger partial charge in [-0.15, -0.1) is 0 Å². The zero-order valence-electron chi connectivity index (χ0n) is 7.23. The van der Waals surface area contributed by atoms with Crippen LogP contribution in [0.4, 0.5) is 5.69 Å². The molecule has 2 rings (SSSR count). The third-order valence-electron chi connectivity index (χ3n) is 1.98. The molecule has 1 N–H and O–H groups in total. The van der Waals surface area contributed by atoms with E-state index >= 15 is 0 Å². The second-order valence-corrected chi connectivity index (χ2v) is 2.80. The fourth-order valence-corrected chi connectivity index (χ4v) is 1.30. The molecule has 1 aromatic carbocycles. The fraction of sp³-hybridized carbons (Fsp3) is 0. The lowest BCUT2D eigenvalue weighted by molar-refractivity contribution is -0.384. The van der Waals surface area contributed by atoms with Gasteiger partial charge in [0.15, 0.2) is 0 Å². The van der Waals surface area contributed by atoms with Gasteiger partial charge in [-0.2, -0.15) is 5.10 Å². The number of non-ortho nitro benzene ring substituents is 1. The van der Waals surface area contributed by atoms with E-state index < -0.39 is 4.92 Å². The van der Waals surface area contributed by atoms with Gasteiger partial charge in [-0.3, -0.25) is 15.2 Å². The Labute approximate surface area is 79.2 Å². The molecule has 14 heavy (non-hydrogen) atoms. The Kier molecular flexibility index (Phi) is 1.78. The number of fused-ring (bicyclic) bond motifs is 1. The standard InChI is InChI=1S/C9H7N3O2/c1-2-8-7-4-3-6(12(13)14)5-9(7)11-10-8/h2-5H,1H2,(H,10,11). The van der Waals surface area contributed by atoms with Gasteiger partial charge in [0.05, 0.1) is 16.1 Å². The summed E-state index contributed by atoms with van der Waals surface area (Å²) < 4.78 is 0.